The molecule has 1 aliphatic heterocycles. The van der Waals surface area contributed by atoms with Crippen molar-refractivity contribution in [2.45, 2.75) is 45.1 Å². The van der Waals surface area contributed by atoms with Gasteiger partial charge < -0.3 is 15.0 Å². The average molecular weight is 395 g/mol. The Morgan fingerprint density at radius 3 is 2.38 bits per heavy atom. The van der Waals surface area contributed by atoms with Crippen molar-refractivity contribution in [3.05, 3.63) is 65.7 Å². The zero-order valence-electron chi connectivity index (χ0n) is 17.1. The predicted octanol–water partition coefficient (Wildman–Crippen LogP) is 3.50. The Balaban J connectivity index is 1.31. The van der Waals surface area contributed by atoms with Crippen LogP contribution in [0.2, 0.25) is 0 Å². The van der Waals surface area contributed by atoms with Crippen molar-refractivity contribution >= 4 is 11.8 Å². The number of ether oxygens (including phenoxy) is 1. The molecule has 5 heteroatoms. The highest BCUT2D eigenvalue weighted by Crippen LogP contribution is 2.14. The molecule has 1 aliphatic rings. The maximum atomic E-state index is 12.4. The van der Waals surface area contributed by atoms with Gasteiger partial charge in [-0.05, 0) is 43.9 Å². The van der Waals surface area contributed by atoms with Crippen LogP contribution in [0, 0.1) is 6.92 Å². The van der Waals surface area contributed by atoms with Crippen LogP contribution in [0.1, 0.15) is 36.8 Å². The van der Waals surface area contributed by atoms with Crippen LogP contribution < -0.4 is 10.1 Å². The van der Waals surface area contributed by atoms with Gasteiger partial charge in [0.05, 0.1) is 13.0 Å². The van der Waals surface area contributed by atoms with Crippen molar-refractivity contribution in [1.29, 1.82) is 0 Å². The minimum Gasteiger partial charge on any atom is -0.493 e. The number of rotatable bonds is 8. The first-order chi connectivity index (χ1) is 14.1. The summed E-state index contributed by atoms with van der Waals surface area (Å²) in [5.74, 6) is 0.990. The number of piperidine rings is 1. The molecule has 0 bridgehead atoms. The first-order valence-electron chi connectivity index (χ1n) is 10.4. The van der Waals surface area contributed by atoms with E-state index in [9.17, 15) is 9.59 Å². The third-order valence-corrected chi connectivity index (χ3v) is 5.30. The van der Waals surface area contributed by atoms with E-state index in [1.54, 1.807) is 0 Å². The average Bonchev–Trinajstić information content (AvgIpc) is 2.74. The molecule has 2 amide bonds. The second-order valence-corrected chi connectivity index (χ2v) is 7.62. The zero-order valence-corrected chi connectivity index (χ0v) is 17.1. The molecular formula is C24H30N2O3. The summed E-state index contributed by atoms with van der Waals surface area (Å²) in [5, 5.41) is 3.12. The molecule has 1 saturated heterocycles. The fourth-order valence-corrected chi connectivity index (χ4v) is 3.52. The fraction of sp³-hybridized carbons (Fsp3) is 0.417. The Hall–Kier alpha value is -2.82. The number of nitrogens with one attached hydrogen (secondary N) is 1. The molecule has 2 aromatic carbocycles. The number of hydrogen-bond donors (Lipinski definition) is 1. The number of para-hydroxylation sites is 1. The van der Waals surface area contributed by atoms with E-state index in [4.69, 9.17) is 4.74 Å². The number of carbonyl (C=O) groups is 2. The summed E-state index contributed by atoms with van der Waals surface area (Å²) in [6.45, 7) is 3.82. The van der Waals surface area contributed by atoms with Crippen molar-refractivity contribution in [3.8, 4) is 5.75 Å². The van der Waals surface area contributed by atoms with Gasteiger partial charge in [-0.2, -0.15) is 0 Å². The van der Waals surface area contributed by atoms with Gasteiger partial charge in [0, 0.05) is 25.6 Å². The molecule has 0 unspecified atom stereocenters. The Kier molecular flexibility index (Phi) is 7.68. The van der Waals surface area contributed by atoms with Gasteiger partial charge in [0.15, 0.2) is 0 Å². The van der Waals surface area contributed by atoms with Crippen LogP contribution in [-0.4, -0.2) is 42.5 Å². The standard InChI is InChI=1S/C24H30N2O3/c1-19-7-9-20(10-8-19)11-12-23(27)25-21-13-16-26(17-14-21)24(28)15-18-29-22-5-3-2-4-6-22/h2-10,21H,11-18H2,1H3,(H,25,27). The normalized spacial score (nSPS) is 14.4. The van der Waals surface area contributed by atoms with Crippen LogP contribution in [-0.2, 0) is 16.0 Å². The third-order valence-electron chi connectivity index (χ3n) is 5.30. The number of benzene rings is 2. The summed E-state index contributed by atoms with van der Waals surface area (Å²) in [4.78, 5) is 26.5. The lowest BCUT2D eigenvalue weighted by molar-refractivity contribution is -0.132. The van der Waals surface area contributed by atoms with Gasteiger partial charge in [0.25, 0.3) is 0 Å². The van der Waals surface area contributed by atoms with Crippen molar-refractivity contribution < 1.29 is 14.3 Å². The Morgan fingerprint density at radius 2 is 1.69 bits per heavy atom. The van der Waals surface area contributed by atoms with E-state index in [1.807, 2.05) is 35.2 Å². The van der Waals surface area contributed by atoms with E-state index >= 15 is 0 Å². The first-order valence-corrected chi connectivity index (χ1v) is 10.4. The maximum absolute atomic E-state index is 12.4. The van der Waals surface area contributed by atoms with E-state index in [2.05, 4.69) is 36.5 Å². The zero-order chi connectivity index (χ0) is 20.5. The Morgan fingerprint density at radius 1 is 1.00 bits per heavy atom. The molecule has 2 aromatic rings. The summed E-state index contributed by atoms with van der Waals surface area (Å²) < 4.78 is 5.61. The topological polar surface area (TPSA) is 58.6 Å². The number of aryl methyl sites for hydroxylation is 2. The van der Waals surface area contributed by atoms with E-state index in [1.165, 1.54) is 11.1 Å². The van der Waals surface area contributed by atoms with Crippen molar-refractivity contribution in [1.82, 2.24) is 10.2 Å². The van der Waals surface area contributed by atoms with E-state index in [0.29, 0.717) is 32.5 Å². The monoisotopic (exact) mass is 394 g/mol. The highest BCUT2D eigenvalue weighted by atomic mass is 16.5. The summed E-state index contributed by atoms with van der Waals surface area (Å²) in [5.41, 5.74) is 2.41. The highest BCUT2D eigenvalue weighted by molar-refractivity contribution is 5.77. The van der Waals surface area contributed by atoms with Gasteiger partial charge in [0.1, 0.15) is 5.75 Å². The van der Waals surface area contributed by atoms with Gasteiger partial charge in [-0.1, -0.05) is 48.0 Å². The summed E-state index contributed by atoms with van der Waals surface area (Å²) in [7, 11) is 0. The number of carbonyl (C=O) groups excluding carboxylic acids is 2. The lowest BCUT2D eigenvalue weighted by atomic mass is 10.0. The number of likely N-dealkylation sites (tertiary alicyclic amines) is 1. The molecule has 154 valence electrons. The van der Waals surface area contributed by atoms with Gasteiger partial charge in [-0.3, -0.25) is 9.59 Å². The smallest absolute Gasteiger partial charge is 0.225 e. The van der Waals surface area contributed by atoms with Crippen LogP contribution >= 0.6 is 0 Å². The van der Waals surface area contributed by atoms with Crippen LogP contribution in [0.25, 0.3) is 0 Å². The summed E-state index contributed by atoms with van der Waals surface area (Å²) in [6.07, 6.45) is 3.25. The molecule has 1 N–H and O–H groups in total. The minimum absolute atomic E-state index is 0.0895. The Labute approximate surface area is 173 Å². The van der Waals surface area contributed by atoms with Gasteiger partial charge in [-0.25, -0.2) is 0 Å². The molecule has 0 atom stereocenters. The Bertz CT molecular complexity index is 782. The quantitative estimate of drug-likeness (QED) is 0.745. The summed E-state index contributed by atoms with van der Waals surface area (Å²) >= 11 is 0. The molecule has 3 rings (SSSR count). The minimum atomic E-state index is 0.0895. The second-order valence-electron chi connectivity index (χ2n) is 7.62. The molecule has 1 fully saturated rings. The molecular weight excluding hydrogens is 364 g/mol. The van der Waals surface area contributed by atoms with Crippen molar-refractivity contribution in [2.75, 3.05) is 19.7 Å². The lowest BCUT2D eigenvalue weighted by Crippen LogP contribution is -2.46. The maximum Gasteiger partial charge on any atom is 0.225 e. The number of amides is 2. The molecule has 0 saturated carbocycles. The molecule has 1 heterocycles. The van der Waals surface area contributed by atoms with Crippen LogP contribution in [0.3, 0.4) is 0 Å². The number of hydrogen-bond acceptors (Lipinski definition) is 3. The van der Waals surface area contributed by atoms with Gasteiger partial charge in [-0.15, -0.1) is 0 Å². The van der Waals surface area contributed by atoms with E-state index in [-0.39, 0.29) is 17.9 Å². The number of nitrogens with zero attached hydrogens (tertiary/aromatic N) is 1. The van der Waals surface area contributed by atoms with Crippen LogP contribution in [0.4, 0.5) is 0 Å². The summed E-state index contributed by atoms with van der Waals surface area (Å²) in [6, 6.07) is 18.0. The van der Waals surface area contributed by atoms with Crippen LogP contribution in [0.15, 0.2) is 54.6 Å². The van der Waals surface area contributed by atoms with Crippen molar-refractivity contribution in [2.24, 2.45) is 0 Å². The molecule has 29 heavy (non-hydrogen) atoms. The van der Waals surface area contributed by atoms with Gasteiger partial charge >= 0.3 is 0 Å². The molecule has 0 radical (unpaired) electrons. The first kappa shape index (κ1) is 20.9. The molecule has 5 nitrogen and oxygen atoms in total. The van der Waals surface area contributed by atoms with Crippen LogP contribution in [0.5, 0.6) is 5.75 Å². The van der Waals surface area contributed by atoms with E-state index < -0.39 is 0 Å². The second kappa shape index (κ2) is 10.6. The molecule has 0 aliphatic carbocycles. The SMILES string of the molecule is Cc1ccc(CCC(=O)NC2CCN(C(=O)CCOc3ccccc3)CC2)cc1. The molecule has 0 aromatic heterocycles. The fourth-order valence-electron chi connectivity index (χ4n) is 3.52. The third kappa shape index (κ3) is 6.93. The van der Waals surface area contributed by atoms with Gasteiger partial charge in [0.2, 0.25) is 11.8 Å². The van der Waals surface area contributed by atoms with E-state index in [0.717, 1.165) is 25.0 Å². The lowest BCUT2D eigenvalue weighted by Gasteiger charge is -2.32. The van der Waals surface area contributed by atoms with Crippen molar-refractivity contribution in [3.63, 3.8) is 0 Å². The predicted molar refractivity (Wildman–Crippen MR) is 114 cm³/mol. The molecule has 0 spiro atoms. The largest absolute Gasteiger partial charge is 0.493 e. The highest BCUT2D eigenvalue weighted by Gasteiger charge is 2.23.